The van der Waals surface area contributed by atoms with Crippen LogP contribution in [0.4, 0.5) is 5.69 Å². The summed E-state index contributed by atoms with van der Waals surface area (Å²) in [4.78, 5) is 13.1. The van der Waals surface area contributed by atoms with E-state index in [0.717, 1.165) is 30.5 Å². The normalized spacial score (nSPS) is 23.9. The smallest absolute Gasteiger partial charge is 0.267 e. The maximum absolute atomic E-state index is 13.1. The van der Waals surface area contributed by atoms with Crippen LogP contribution in [0, 0.1) is 5.92 Å². The number of carbonyl (C=O) groups excluding carboxylic acids is 1. The SMILES string of the molecule is CC1CCCCC1NC(=O)C1=NN(c2ccc(Cl)cc2Cl)C(c2ccc(Cl)cc2)C1. The number of anilines is 1. The number of rotatable bonds is 4. The number of hydrogen-bond acceptors (Lipinski definition) is 3. The average molecular weight is 465 g/mol. The van der Waals surface area contributed by atoms with E-state index in [1.54, 1.807) is 12.1 Å². The fourth-order valence-electron chi connectivity index (χ4n) is 4.26. The summed E-state index contributed by atoms with van der Waals surface area (Å²) in [6, 6.07) is 13.0. The molecule has 3 atom stereocenters. The van der Waals surface area contributed by atoms with Crippen molar-refractivity contribution in [1.29, 1.82) is 0 Å². The minimum absolute atomic E-state index is 0.0969. The molecule has 0 aromatic heterocycles. The van der Waals surface area contributed by atoms with E-state index < -0.39 is 0 Å². The highest BCUT2D eigenvalue weighted by atomic mass is 35.5. The van der Waals surface area contributed by atoms with Crippen LogP contribution < -0.4 is 10.3 Å². The van der Waals surface area contributed by atoms with Crippen LogP contribution in [-0.2, 0) is 4.79 Å². The van der Waals surface area contributed by atoms with Gasteiger partial charge in [0.1, 0.15) is 5.71 Å². The minimum Gasteiger partial charge on any atom is -0.348 e. The minimum atomic E-state index is -0.148. The lowest BCUT2D eigenvalue weighted by atomic mass is 9.86. The third-order valence-electron chi connectivity index (χ3n) is 6.01. The molecule has 3 unspecified atom stereocenters. The lowest BCUT2D eigenvalue weighted by molar-refractivity contribution is -0.116. The summed E-state index contributed by atoms with van der Waals surface area (Å²) in [6.07, 6.45) is 5.05. The first-order valence-corrected chi connectivity index (χ1v) is 11.4. The molecule has 1 N–H and O–H groups in total. The van der Waals surface area contributed by atoms with Gasteiger partial charge in [-0.15, -0.1) is 0 Å². The number of halogens is 3. The van der Waals surface area contributed by atoms with Gasteiger partial charge < -0.3 is 5.32 Å². The molecule has 0 radical (unpaired) electrons. The topological polar surface area (TPSA) is 44.7 Å². The average Bonchev–Trinajstić information content (AvgIpc) is 3.15. The van der Waals surface area contributed by atoms with Crippen LogP contribution in [-0.4, -0.2) is 17.7 Å². The van der Waals surface area contributed by atoms with Crippen LogP contribution in [0.25, 0.3) is 0 Å². The Hall–Kier alpha value is -1.75. The Morgan fingerprint density at radius 1 is 1.03 bits per heavy atom. The first-order valence-electron chi connectivity index (χ1n) is 10.3. The van der Waals surface area contributed by atoms with Crippen LogP contribution in [0.3, 0.4) is 0 Å². The third-order valence-corrected chi connectivity index (χ3v) is 6.80. The number of nitrogens with zero attached hydrogens (tertiary/aromatic N) is 2. The van der Waals surface area contributed by atoms with Gasteiger partial charge in [-0.2, -0.15) is 5.10 Å². The van der Waals surface area contributed by atoms with Gasteiger partial charge in [-0.25, -0.2) is 0 Å². The maximum atomic E-state index is 13.1. The van der Waals surface area contributed by atoms with Gasteiger partial charge in [0.25, 0.3) is 5.91 Å². The lowest BCUT2D eigenvalue weighted by Gasteiger charge is -2.29. The van der Waals surface area contributed by atoms with E-state index in [-0.39, 0.29) is 18.0 Å². The zero-order valence-electron chi connectivity index (χ0n) is 16.7. The van der Waals surface area contributed by atoms with Crippen LogP contribution in [0.2, 0.25) is 15.1 Å². The van der Waals surface area contributed by atoms with Crippen molar-refractivity contribution >= 4 is 52.1 Å². The Balaban J connectivity index is 1.63. The van der Waals surface area contributed by atoms with Crippen LogP contribution in [0.15, 0.2) is 47.6 Å². The molecule has 4 nitrogen and oxygen atoms in total. The molecule has 1 aliphatic carbocycles. The quantitative estimate of drug-likeness (QED) is 0.550. The van der Waals surface area contributed by atoms with E-state index in [1.807, 2.05) is 35.3 Å². The van der Waals surface area contributed by atoms with Crippen LogP contribution in [0.1, 0.15) is 50.6 Å². The number of hydrazone groups is 1. The lowest BCUT2D eigenvalue weighted by Crippen LogP contribution is -2.43. The van der Waals surface area contributed by atoms with Gasteiger partial charge in [-0.05, 0) is 54.7 Å². The van der Waals surface area contributed by atoms with E-state index >= 15 is 0 Å². The molecule has 1 aliphatic heterocycles. The molecular weight excluding hydrogens is 441 g/mol. The summed E-state index contributed by atoms with van der Waals surface area (Å²) in [5, 5.41) is 11.4. The molecular formula is C23H24Cl3N3O. The van der Waals surface area contributed by atoms with Crippen LogP contribution >= 0.6 is 34.8 Å². The van der Waals surface area contributed by atoms with Crippen molar-refractivity contribution in [2.75, 3.05) is 5.01 Å². The van der Waals surface area contributed by atoms with E-state index in [1.165, 1.54) is 6.42 Å². The molecule has 1 saturated carbocycles. The van der Waals surface area contributed by atoms with Gasteiger partial charge in [-0.1, -0.05) is 66.7 Å². The number of benzene rings is 2. The summed E-state index contributed by atoms with van der Waals surface area (Å²) in [5.74, 6) is 0.388. The van der Waals surface area contributed by atoms with Crippen molar-refractivity contribution < 1.29 is 4.79 Å². The second-order valence-corrected chi connectivity index (χ2v) is 9.38. The first-order chi connectivity index (χ1) is 14.4. The predicted octanol–water partition coefficient (Wildman–Crippen LogP) is 6.65. The van der Waals surface area contributed by atoms with Crippen LogP contribution in [0.5, 0.6) is 0 Å². The van der Waals surface area contributed by atoms with Gasteiger partial charge in [0, 0.05) is 22.5 Å². The summed E-state index contributed by atoms with van der Waals surface area (Å²) in [5.41, 5.74) is 2.25. The monoisotopic (exact) mass is 463 g/mol. The van der Waals surface area contributed by atoms with Crippen molar-refractivity contribution in [3.05, 3.63) is 63.1 Å². The molecule has 1 fully saturated rings. The number of amides is 1. The molecule has 158 valence electrons. The van der Waals surface area contributed by atoms with Crippen molar-refractivity contribution in [2.45, 2.75) is 51.1 Å². The largest absolute Gasteiger partial charge is 0.348 e. The summed E-state index contributed by atoms with van der Waals surface area (Å²) in [6.45, 7) is 2.21. The standard InChI is InChI=1S/C23H24Cl3N3O/c1-14-4-2-3-5-19(14)27-23(30)20-13-22(15-6-8-16(24)9-7-15)29(28-20)21-11-10-17(25)12-18(21)26/h6-12,14,19,22H,2-5,13H2,1H3,(H,27,30). The number of hydrogen-bond donors (Lipinski definition) is 1. The second kappa shape index (κ2) is 9.17. The highest BCUT2D eigenvalue weighted by Crippen LogP contribution is 2.40. The van der Waals surface area contributed by atoms with Gasteiger partial charge in [0.05, 0.1) is 16.8 Å². The Morgan fingerprint density at radius 3 is 2.43 bits per heavy atom. The van der Waals surface area contributed by atoms with Crippen molar-refractivity contribution in [3.8, 4) is 0 Å². The predicted molar refractivity (Wildman–Crippen MR) is 125 cm³/mol. The second-order valence-electron chi connectivity index (χ2n) is 8.10. The Morgan fingerprint density at radius 2 is 1.73 bits per heavy atom. The van der Waals surface area contributed by atoms with E-state index in [9.17, 15) is 4.79 Å². The molecule has 2 aromatic carbocycles. The van der Waals surface area contributed by atoms with Crippen molar-refractivity contribution in [3.63, 3.8) is 0 Å². The summed E-state index contributed by atoms with van der Waals surface area (Å²) < 4.78 is 0. The maximum Gasteiger partial charge on any atom is 0.267 e. The Bertz CT molecular complexity index is 961. The molecule has 2 aromatic rings. The third kappa shape index (κ3) is 4.61. The fourth-order valence-corrected chi connectivity index (χ4v) is 4.88. The molecule has 0 saturated heterocycles. The number of carbonyl (C=O) groups is 1. The zero-order valence-corrected chi connectivity index (χ0v) is 19.0. The number of nitrogens with one attached hydrogen (secondary N) is 1. The van der Waals surface area contributed by atoms with Gasteiger partial charge in [0.2, 0.25) is 0 Å². The van der Waals surface area contributed by atoms with Gasteiger partial charge in [0.15, 0.2) is 0 Å². The molecule has 30 heavy (non-hydrogen) atoms. The Labute approximate surface area is 192 Å². The fraction of sp³-hybridized carbons (Fsp3) is 0.391. The van der Waals surface area contributed by atoms with Crippen molar-refractivity contribution in [2.24, 2.45) is 11.0 Å². The molecule has 1 amide bonds. The van der Waals surface area contributed by atoms with E-state index in [4.69, 9.17) is 39.9 Å². The summed E-state index contributed by atoms with van der Waals surface area (Å²) in [7, 11) is 0. The highest BCUT2D eigenvalue weighted by Gasteiger charge is 2.34. The molecule has 4 rings (SSSR count). The summed E-state index contributed by atoms with van der Waals surface area (Å²) >= 11 is 18.6. The Kier molecular flexibility index (Phi) is 6.57. The van der Waals surface area contributed by atoms with Gasteiger partial charge in [-0.3, -0.25) is 9.80 Å². The molecule has 7 heteroatoms. The van der Waals surface area contributed by atoms with E-state index in [2.05, 4.69) is 12.2 Å². The zero-order chi connectivity index (χ0) is 21.3. The highest BCUT2D eigenvalue weighted by molar-refractivity contribution is 6.40. The molecule has 2 aliphatic rings. The molecule has 0 bridgehead atoms. The van der Waals surface area contributed by atoms with Gasteiger partial charge >= 0.3 is 0 Å². The van der Waals surface area contributed by atoms with Crippen molar-refractivity contribution in [1.82, 2.24) is 5.32 Å². The molecule has 1 heterocycles. The molecule has 0 spiro atoms. The van der Waals surface area contributed by atoms with E-state index in [0.29, 0.717) is 33.1 Å². The first kappa shape index (κ1) is 21.5.